The SMILES string of the molecule is CCOc1ccc(C(O)=C2C(=O)C(=O)N(CCN(C)C)[C@@H]2c2ccc(OC)c(OC)c2)cc1Cl. The molecule has 3 rings (SSSR count). The molecule has 0 aliphatic carbocycles. The van der Waals surface area contributed by atoms with Gasteiger partial charge in [0.15, 0.2) is 11.5 Å². The summed E-state index contributed by atoms with van der Waals surface area (Å²) in [6.45, 7) is 3.09. The predicted octanol–water partition coefficient (Wildman–Crippen LogP) is 3.74. The molecule has 0 bridgehead atoms. The van der Waals surface area contributed by atoms with E-state index >= 15 is 0 Å². The van der Waals surface area contributed by atoms with Crippen LogP contribution in [-0.4, -0.2) is 74.6 Å². The zero-order chi connectivity index (χ0) is 25.0. The number of aliphatic hydroxyl groups excluding tert-OH is 1. The van der Waals surface area contributed by atoms with Crippen molar-refractivity contribution in [1.82, 2.24) is 9.80 Å². The summed E-state index contributed by atoms with van der Waals surface area (Å²) in [5.74, 6) is -0.336. The van der Waals surface area contributed by atoms with Gasteiger partial charge in [-0.3, -0.25) is 9.59 Å². The summed E-state index contributed by atoms with van der Waals surface area (Å²) in [5, 5.41) is 11.5. The molecule has 1 fully saturated rings. The maximum atomic E-state index is 13.2. The van der Waals surface area contributed by atoms with Gasteiger partial charge >= 0.3 is 0 Å². The lowest BCUT2D eigenvalue weighted by molar-refractivity contribution is -0.140. The van der Waals surface area contributed by atoms with E-state index in [0.29, 0.717) is 41.5 Å². The summed E-state index contributed by atoms with van der Waals surface area (Å²) in [6.07, 6.45) is 0. The number of Topliss-reactive ketones (excluding diaryl/α,β-unsaturated/α-hetero) is 1. The van der Waals surface area contributed by atoms with E-state index in [-0.39, 0.29) is 22.9 Å². The van der Waals surface area contributed by atoms with E-state index < -0.39 is 17.7 Å². The zero-order valence-electron chi connectivity index (χ0n) is 19.9. The second kappa shape index (κ2) is 10.8. The van der Waals surface area contributed by atoms with Crippen LogP contribution in [0.1, 0.15) is 24.1 Å². The number of hydrogen-bond acceptors (Lipinski definition) is 7. The second-order valence-electron chi connectivity index (χ2n) is 7.99. The Kier molecular flexibility index (Phi) is 8.06. The van der Waals surface area contributed by atoms with Crippen LogP contribution in [0.2, 0.25) is 5.02 Å². The first kappa shape index (κ1) is 25.4. The quantitative estimate of drug-likeness (QED) is 0.327. The third-order valence-corrected chi connectivity index (χ3v) is 5.85. The van der Waals surface area contributed by atoms with Crippen molar-refractivity contribution in [3.05, 3.63) is 58.1 Å². The molecule has 0 unspecified atom stereocenters. The molecule has 2 aromatic rings. The standard InChI is InChI=1S/C25H29ClN2O6/c1-6-34-18-9-8-16(13-17(18)26)23(29)21-22(15-7-10-19(32-4)20(14-15)33-5)28(12-11-27(2)3)25(31)24(21)30/h7-10,13-14,22,29H,6,11-12H2,1-5H3/t22-/m1/s1. The second-order valence-corrected chi connectivity index (χ2v) is 8.40. The Morgan fingerprint density at radius 1 is 1.06 bits per heavy atom. The number of rotatable bonds is 9. The number of carbonyl (C=O) groups is 2. The average molecular weight is 489 g/mol. The molecule has 1 saturated heterocycles. The number of amides is 1. The van der Waals surface area contributed by atoms with Crippen molar-refractivity contribution in [2.75, 3.05) is 48.0 Å². The van der Waals surface area contributed by atoms with Gasteiger partial charge in [-0.05, 0) is 56.9 Å². The lowest BCUT2D eigenvalue weighted by atomic mass is 9.95. The van der Waals surface area contributed by atoms with Crippen LogP contribution in [0.15, 0.2) is 42.0 Å². The Morgan fingerprint density at radius 2 is 1.74 bits per heavy atom. The normalized spacial score (nSPS) is 17.4. The first-order valence-corrected chi connectivity index (χ1v) is 11.2. The Hall–Kier alpha value is -3.23. The van der Waals surface area contributed by atoms with Crippen LogP contribution in [0.5, 0.6) is 17.2 Å². The summed E-state index contributed by atoms with van der Waals surface area (Å²) in [6, 6.07) is 9.08. The van der Waals surface area contributed by atoms with Gasteiger partial charge in [-0.25, -0.2) is 0 Å². The molecule has 182 valence electrons. The van der Waals surface area contributed by atoms with Crippen LogP contribution in [-0.2, 0) is 9.59 Å². The van der Waals surface area contributed by atoms with Gasteiger partial charge in [-0.2, -0.15) is 0 Å². The van der Waals surface area contributed by atoms with Crippen molar-refractivity contribution in [3.8, 4) is 17.2 Å². The summed E-state index contributed by atoms with van der Waals surface area (Å²) in [5.41, 5.74) is 0.898. The average Bonchev–Trinajstić information content (AvgIpc) is 3.07. The molecule has 8 nitrogen and oxygen atoms in total. The maximum absolute atomic E-state index is 13.2. The van der Waals surface area contributed by atoms with Crippen LogP contribution >= 0.6 is 11.6 Å². The minimum Gasteiger partial charge on any atom is -0.507 e. The monoisotopic (exact) mass is 488 g/mol. The summed E-state index contributed by atoms with van der Waals surface area (Å²) < 4.78 is 16.2. The minimum atomic E-state index is -0.815. The van der Waals surface area contributed by atoms with Crippen molar-refractivity contribution >= 4 is 29.1 Å². The highest BCUT2D eigenvalue weighted by Gasteiger charge is 2.46. The van der Waals surface area contributed by atoms with Gasteiger partial charge in [0.2, 0.25) is 0 Å². The van der Waals surface area contributed by atoms with Crippen LogP contribution in [0.4, 0.5) is 0 Å². The summed E-state index contributed by atoms with van der Waals surface area (Å²) in [4.78, 5) is 29.6. The molecule has 0 aromatic heterocycles. The van der Waals surface area contributed by atoms with Crippen LogP contribution in [0.3, 0.4) is 0 Å². The van der Waals surface area contributed by atoms with Crippen molar-refractivity contribution in [3.63, 3.8) is 0 Å². The molecule has 0 saturated carbocycles. The third kappa shape index (κ3) is 4.98. The highest BCUT2D eigenvalue weighted by molar-refractivity contribution is 6.46. The number of ether oxygens (including phenoxy) is 3. The van der Waals surface area contributed by atoms with E-state index in [9.17, 15) is 14.7 Å². The molecule has 34 heavy (non-hydrogen) atoms. The van der Waals surface area contributed by atoms with Gasteiger partial charge in [0.25, 0.3) is 11.7 Å². The first-order chi connectivity index (χ1) is 16.2. The van der Waals surface area contributed by atoms with Gasteiger partial charge in [-0.1, -0.05) is 17.7 Å². The molecule has 1 N–H and O–H groups in total. The van der Waals surface area contributed by atoms with E-state index in [0.717, 1.165) is 0 Å². The smallest absolute Gasteiger partial charge is 0.295 e. The summed E-state index contributed by atoms with van der Waals surface area (Å²) >= 11 is 6.31. The van der Waals surface area contributed by atoms with E-state index in [2.05, 4.69) is 0 Å². The molecular formula is C25H29ClN2O6. The van der Waals surface area contributed by atoms with Crippen molar-refractivity contribution < 1.29 is 28.9 Å². The van der Waals surface area contributed by atoms with E-state index in [1.807, 2.05) is 25.9 Å². The minimum absolute atomic E-state index is 0.0174. The number of benzene rings is 2. The molecule has 1 aliphatic rings. The van der Waals surface area contributed by atoms with Gasteiger partial charge < -0.3 is 29.1 Å². The molecule has 1 amide bonds. The maximum Gasteiger partial charge on any atom is 0.295 e. The lowest BCUT2D eigenvalue weighted by Crippen LogP contribution is -2.35. The fraction of sp³-hybridized carbons (Fsp3) is 0.360. The summed E-state index contributed by atoms with van der Waals surface area (Å²) in [7, 11) is 6.79. The topological polar surface area (TPSA) is 88.5 Å². The van der Waals surface area contributed by atoms with Gasteiger partial charge in [0.1, 0.15) is 11.5 Å². The Bertz CT molecular complexity index is 1110. The van der Waals surface area contributed by atoms with E-state index in [1.54, 1.807) is 30.3 Å². The van der Waals surface area contributed by atoms with Crippen molar-refractivity contribution in [2.45, 2.75) is 13.0 Å². The van der Waals surface area contributed by atoms with Crippen LogP contribution < -0.4 is 14.2 Å². The molecule has 1 heterocycles. The third-order valence-electron chi connectivity index (χ3n) is 5.56. The Morgan fingerprint density at radius 3 is 2.32 bits per heavy atom. The van der Waals surface area contributed by atoms with Gasteiger partial charge in [0.05, 0.1) is 37.5 Å². The number of halogens is 1. The molecule has 0 radical (unpaired) electrons. The van der Waals surface area contributed by atoms with Gasteiger partial charge in [-0.15, -0.1) is 0 Å². The number of aliphatic hydroxyl groups is 1. The molecule has 9 heteroatoms. The number of ketones is 1. The zero-order valence-corrected chi connectivity index (χ0v) is 20.7. The Balaban J connectivity index is 2.17. The molecular weight excluding hydrogens is 460 g/mol. The fourth-order valence-corrected chi connectivity index (χ4v) is 4.10. The first-order valence-electron chi connectivity index (χ1n) is 10.8. The highest BCUT2D eigenvalue weighted by Crippen LogP contribution is 2.42. The van der Waals surface area contributed by atoms with Crippen molar-refractivity contribution in [2.24, 2.45) is 0 Å². The number of methoxy groups -OCH3 is 2. The number of hydrogen-bond donors (Lipinski definition) is 1. The largest absolute Gasteiger partial charge is 0.507 e. The van der Waals surface area contributed by atoms with E-state index in [4.69, 9.17) is 25.8 Å². The molecule has 2 aromatic carbocycles. The number of likely N-dealkylation sites (N-methyl/N-ethyl adjacent to an activating group) is 1. The highest BCUT2D eigenvalue weighted by atomic mass is 35.5. The number of carbonyl (C=O) groups excluding carboxylic acids is 2. The molecule has 1 atom stereocenters. The van der Waals surface area contributed by atoms with Gasteiger partial charge in [0, 0.05) is 18.7 Å². The Labute approximate surface area is 204 Å². The number of likely N-dealkylation sites (tertiary alicyclic amines) is 1. The number of nitrogens with zero attached hydrogens (tertiary/aromatic N) is 2. The van der Waals surface area contributed by atoms with E-state index in [1.165, 1.54) is 25.2 Å². The fourth-order valence-electron chi connectivity index (χ4n) is 3.86. The lowest BCUT2D eigenvalue weighted by Gasteiger charge is -2.27. The predicted molar refractivity (Wildman–Crippen MR) is 130 cm³/mol. The van der Waals surface area contributed by atoms with Crippen LogP contribution in [0.25, 0.3) is 5.76 Å². The molecule has 0 spiro atoms. The van der Waals surface area contributed by atoms with Crippen molar-refractivity contribution in [1.29, 1.82) is 0 Å². The van der Waals surface area contributed by atoms with Crippen LogP contribution in [0, 0.1) is 0 Å². The molecule has 1 aliphatic heterocycles.